The fourth-order valence-electron chi connectivity index (χ4n) is 1.87. The highest BCUT2D eigenvalue weighted by Crippen LogP contribution is 2.29. The van der Waals surface area contributed by atoms with Crippen LogP contribution in [0.2, 0.25) is 0 Å². The Kier molecular flexibility index (Phi) is 3.97. The van der Waals surface area contributed by atoms with Crippen molar-refractivity contribution in [3.8, 4) is 11.1 Å². The zero-order chi connectivity index (χ0) is 12.3. The SMILES string of the molecule is CCC(N)c1cccc(-c2ccccc2Br)c1. The Morgan fingerprint density at radius 1 is 1.12 bits per heavy atom. The Balaban J connectivity index is 2.43. The lowest BCUT2D eigenvalue weighted by Crippen LogP contribution is -2.08. The van der Waals surface area contributed by atoms with Gasteiger partial charge in [0.15, 0.2) is 0 Å². The van der Waals surface area contributed by atoms with Gasteiger partial charge in [-0.15, -0.1) is 0 Å². The van der Waals surface area contributed by atoms with Gasteiger partial charge in [0.2, 0.25) is 0 Å². The number of nitrogens with two attached hydrogens (primary N) is 1. The van der Waals surface area contributed by atoms with Gasteiger partial charge in [0, 0.05) is 10.5 Å². The average Bonchev–Trinajstić information content (AvgIpc) is 2.38. The van der Waals surface area contributed by atoms with E-state index < -0.39 is 0 Å². The highest BCUT2D eigenvalue weighted by atomic mass is 79.9. The van der Waals surface area contributed by atoms with Gasteiger partial charge in [-0.2, -0.15) is 0 Å². The summed E-state index contributed by atoms with van der Waals surface area (Å²) in [6, 6.07) is 16.8. The fraction of sp³-hybridized carbons (Fsp3) is 0.200. The van der Waals surface area contributed by atoms with E-state index in [1.54, 1.807) is 0 Å². The molecular formula is C15H16BrN. The molecule has 0 bridgehead atoms. The standard InChI is InChI=1S/C15H16BrN/c1-2-15(17)12-7-5-6-11(10-12)13-8-3-4-9-14(13)16/h3-10,15H,2,17H2,1H3. The summed E-state index contributed by atoms with van der Waals surface area (Å²) in [5, 5.41) is 0. The zero-order valence-electron chi connectivity index (χ0n) is 9.86. The lowest BCUT2D eigenvalue weighted by Gasteiger charge is -2.11. The second kappa shape index (κ2) is 5.48. The Bertz CT molecular complexity index is 508. The summed E-state index contributed by atoms with van der Waals surface area (Å²) in [7, 11) is 0. The van der Waals surface area contributed by atoms with Crippen LogP contribution in [0, 0.1) is 0 Å². The molecule has 2 aromatic rings. The average molecular weight is 290 g/mol. The van der Waals surface area contributed by atoms with E-state index in [2.05, 4.69) is 59.3 Å². The van der Waals surface area contributed by atoms with Crippen LogP contribution in [0.4, 0.5) is 0 Å². The van der Waals surface area contributed by atoms with Crippen LogP contribution in [0.15, 0.2) is 53.0 Å². The number of hydrogen-bond donors (Lipinski definition) is 1. The zero-order valence-corrected chi connectivity index (χ0v) is 11.4. The largest absolute Gasteiger partial charge is 0.324 e. The van der Waals surface area contributed by atoms with E-state index in [0.29, 0.717) is 0 Å². The van der Waals surface area contributed by atoms with E-state index in [1.165, 1.54) is 16.7 Å². The van der Waals surface area contributed by atoms with E-state index in [0.717, 1.165) is 10.9 Å². The van der Waals surface area contributed by atoms with Crippen molar-refractivity contribution >= 4 is 15.9 Å². The van der Waals surface area contributed by atoms with Crippen molar-refractivity contribution in [3.05, 3.63) is 58.6 Å². The number of benzene rings is 2. The Morgan fingerprint density at radius 2 is 1.88 bits per heavy atom. The molecule has 17 heavy (non-hydrogen) atoms. The highest BCUT2D eigenvalue weighted by Gasteiger charge is 2.06. The Morgan fingerprint density at radius 3 is 2.59 bits per heavy atom. The maximum atomic E-state index is 6.07. The second-order valence-electron chi connectivity index (χ2n) is 4.12. The lowest BCUT2D eigenvalue weighted by molar-refractivity contribution is 0.699. The molecule has 0 heterocycles. The molecule has 0 saturated carbocycles. The summed E-state index contributed by atoms with van der Waals surface area (Å²) in [6.45, 7) is 2.11. The first-order valence-electron chi connectivity index (χ1n) is 5.83. The molecule has 1 nitrogen and oxygen atoms in total. The molecule has 0 radical (unpaired) electrons. The van der Waals surface area contributed by atoms with Crippen LogP contribution in [0.5, 0.6) is 0 Å². The molecule has 2 heteroatoms. The topological polar surface area (TPSA) is 26.0 Å². The first-order chi connectivity index (χ1) is 8.22. The van der Waals surface area contributed by atoms with Gasteiger partial charge < -0.3 is 5.73 Å². The van der Waals surface area contributed by atoms with Crippen LogP contribution in [0.1, 0.15) is 24.9 Å². The highest BCUT2D eigenvalue weighted by molar-refractivity contribution is 9.10. The molecule has 0 aliphatic heterocycles. The predicted molar refractivity (Wildman–Crippen MR) is 76.8 cm³/mol. The quantitative estimate of drug-likeness (QED) is 0.883. The lowest BCUT2D eigenvalue weighted by atomic mass is 9.99. The van der Waals surface area contributed by atoms with Crippen molar-refractivity contribution in [3.63, 3.8) is 0 Å². The van der Waals surface area contributed by atoms with Gasteiger partial charge in [-0.1, -0.05) is 59.3 Å². The van der Waals surface area contributed by atoms with Crippen molar-refractivity contribution in [2.24, 2.45) is 5.73 Å². The molecule has 88 valence electrons. The molecule has 1 unspecified atom stereocenters. The first-order valence-corrected chi connectivity index (χ1v) is 6.62. The van der Waals surface area contributed by atoms with Gasteiger partial charge in [-0.3, -0.25) is 0 Å². The molecule has 0 saturated heterocycles. The van der Waals surface area contributed by atoms with Crippen LogP contribution in [-0.4, -0.2) is 0 Å². The predicted octanol–water partition coefficient (Wildman–Crippen LogP) is 4.53. The van der Waals surface area contributed by atoms with E-state index in [1.807, 2.05) is 12.1 Å². The summed E-state index contributed by atoms with van der Waals surface area (Å²) in [5.41, 5.74) is 9.68. The van der Waals surface area contributed by atoms with Crippen LogP contribution >= 0.6 is 15.9 Å². The summed E-state index contributed by atoms with van der Waals surface area (Å²) in [6.07, 6.45) is 0.958. The first kappa shape index (κ1) is 12.3. The van der Waals surface area contributed by atoms with Gasteiger partial charge in [-0.25, -0.2) is 0 Å². The number of hydrogen-bond acceptors (Lipinski definition) is 1. The van der Waals surface area contributed by atoms with E-state index in [4.69, 9.17) is 5.73 Å². The van der Waals surface area contributed by atoms with Gasteiger partial charge in [0.25, 0.3) is 0 Å². The van der Waals surface area contributed by atoms with E-state index in [9.17, 15) is 0 Å². The van der Waals surface area contributed by atoms with Crippen molar-refractivity contribution in [2.45, 2.75) is 19.4 Å². The van der Waals surface area contributed by atoms with Gasteiger partial charge in [0.1, 0.15) is 0 Å². The summed E-state index contributed by atoms with van der Waals surface area (Å²) < 4.78 is 1.11. The van der Waals surface area contributed by atoms with Gasteiger partial charge in [-0.05, 0) is 35.2 Å². The molecule has 0 aliphatic rings. The smallest absolute Gasteiger partial charge is 0.0292 e. The van der Waals surface area contributed by atoms with Crippen molar-refractivity contribution in [1.82, 2.24) is 0 Å². The molecule has 1 atom stereocenters. The molecule has 0 fully saturated rings. The number of rotatable bonds is 3. The second-order valence-corrected chi connectivity index (χ2v) is 4.97. The molecule has 0 aromatic heterocycles. The molecular weight excluding hydrogens is 274 g/mol. The Labute approximate surface area is 111 Å². The normalized spacial score (nSPS) is 12.4. The fourth-order valence-corrected chi connectivity index (χ4v) is 2.38. The van der Waals surface area contributed by atoms with Crippen LogP contribution < -0.4 is 5.73 Å². The summed E-state index contributed by atoms with van der Waals surface area (Å²) >= 11 is 3.58. The third kappa shape index (κ3) is 2.76. The van der Waals surface area contributed by atoms with Crippen molar-refractivity contribution in [2.75, 3.05) is 0 Å². The van der Waals surface area contributed by atoms with Crippen molar-refractivity contribution in [1.29, 1.82) is 0 Å². The van der Waals surface area contributed by atoms with Crippen LogP contribution in [0.25, 0.3) is 11.1 Å². The van der Waals surface area contributed by atoms with E-state index >= 15 is 0 Å². The van der Waals surface area contributed by atoms with E-state index in [-0.39, 0.29) is 6.04 Å². The Hall–Kier alpha value is -1.12. The molecule has 2 rings (SSSR count). The molecule has 0 spiro atoms. The minimum atomic E-state index is 0.123. The number of halogens is 1. The van der Waals surface area contributed by atoms with Gasteiger partial charge >= 0.3 is 0 Å². The van der Waals surface area contributed by atoms with Gasteiger partial charge in [0.05, 0.1) is 0 Å². The minimum absolute atomic E-state index is 0.123. The van der Waals surface area contributed by atoms with Crippen LogP contribution in [-0.2, 0) is 0 Å². The summed E-state index contributed by atoms with van der Waals surface area (Å²) in [4.78, 5) is 0. The maximum Gasteiger partial charge on any atom is 0.0292 e. The monoisotopic (exact) mass is 289 g/mol. The maximum absolute atomic E-state index is 6.07. The molecule has 2 N–H and O–H groups in total. The van der Waals surface area contributed by atoms with Crippen LogP contribution in [0.3, 0.4) is 0 Å². The third-order valence-electron chi connectivity index (χ3n) is 2.94. The minimum Gasteiger partial charge on any atom is -0.324 e. The third-order valence-corrected chi connectivity index (χ3v) is 3.63. The molecule has 0 aliphatic carbocycles. The summed E-state index contributed by atoms with van der Waals surface area (Å²) in [5.74, 6) is 0. The molecule has 2 aromatic carbocycles. The molecule has 0 amide bonds. The van der Waals surface area contributed by atoms with Crippen molar-refractivity contribution < 1.29 is 0 Å².